The second kappa shape index (κ2) is 10.2. The third kappa shape index (κ3) is 5.72. The van der Waals surface area contributed by atoms with Gasteiger partial charge in [-0.25, -0.2) is 0 Å². The smallest absolute Gasteiger partial charge is 0.230 e. The SMILES string of the molecule is C[C@H]([C@@H](O)c1ccccc1)N(C)C(=O)[C@H](CC1CCCC1)c1ccc(SC2CC2)cc1. The molecule has 0 unspecified atom stereocenters. The predicted molar refractivity (Wildman–Crippen MR) is 128 cm³/mol. The Balaban J connectivity index is 1.51. The van der Waals surface area contributed by atoms with Gasteiger partial charge in [-0.1, -0.05) is 68.1 Å². The quantitative estimate of drug-likeness (QED) is 0.509. The van der Waals surface area contributed by atoms with Crippen LogP contribution in [0.5, 0.6) is 0 Å². The minimum absolute atomic E-state index is 0.122. The highest BCUT2D eigenvalue weighted by Crippen LogP contribution is 2.40. The van der Waals surface area contributed by atoms with E-state index in [9.17, 15) is 9.90 Å². The maximum absolute atomic E-state index is 13.7. The Hall–Kier alpha value is -1.78. The fourth-order valence-electron chi connectivity index (χ4n) is 4.70. The second-order valence-electron chi connectivity index (χ2n) is 9.37. The predicted octanol–water partition coefficient (Wildman–Crippen LogP) is 6.19. The van der Waals surface area contributed by atoms with Crippen LogP contribution in [0.25, 0.3) is 0 Å². The molecule has 4 heteroatoms. The van der Waals surface area contributed by atoms with E-state index in [1.54, 1.807) is 4.90 Å². The largest absolute Gasteiger partial charge is 0.386 e. The summed E-state index contributed by atoms with van der Waals surface area (Å²) in [5, 5.41) is 11.7. The van der Waals surface area contributed by atoms with Crippen molar-refractivity contribution in [2.45, 2.75) is 80.1 Å². The Bertz CT molecular complexity index is 843. The molecule has 2 aliphatic rings. The lowest BCUT2D eigenvalue weighted by Crippen LogP contribution is -2.42. The van der Waals surface area contributed by atoms with Crippen LogP contribution in [-0.4, -0.2) is 34.3 Å². The summed E-state index contributed by atoms with van der Waals surface area (Å²) in [5.41, 5.74) is 1.97. The lowest BCUT2D eigenvalue weighted by molar-refractivity contribution is -0.136. The molecule has 3 nitrogen and oxygen atoms in total. The van der Waals surface area contributed by atoms with Crippen LogP contribution in [0, 0.1) is 5.92 Å². The average molecular weight is 438 g/mol. The van der Waals surface area contributed by atoms with Gasteiger partial charge in [-0.15, -0.1) is 11.8 Å². The molecule has 0 bridgehead atoms. The van der Waals surface area contributed by atoms with Crippen molar-refractivity contribution in [3.63, 3.8) is 0 Å². The van der Waals surface area contributed by atoms with E-state index in [0.717, 1.165) is 22.8 Å². The molecule has 1 amide bonds. The van der Waals surface area contributed by atoms with Crippen molar-refractivity contribution in [2.75, 3.05) is 7.05 Å². The first-order valence-electron chi connectivity index (χ1n) is 11.8. The van der Waals surface area contributed by atoms with E-state index in [4.69, 9.17) is 0 Å². The first-order chi connectivity index (χ1) is 15.0. The fourth-order valence-corrected chi connectivity index (χ4v) is 5.75. The fraction of sp³-hybridized carbons (Fsp3) is 0.519. The number of benzene rings is 2. The third-order valence-electron chi connectivity index (χ3n) is 7.01. The molecular weight excluding hydrogens is 402 g/mol. The third-order valence-corrected chi connectivity index (χ3v) is 8.36. The molecule has 2 saturated carbocycles. The molecule has 0 spiro atoms. The number of rotatable bonds is 9. The van der Waals surface area contributed by atoms with Gasteiger partial charge in [0, 0.05) is 17.2 Å². The van der Waals surface area contributed by atoms with Crippen molar-refractivity contribution in [3.05, 3.63) is 65.7 Å². The monoisotopic (exact) mass is 437 g/mol. The summed E-state index contributed by atoms with van der Waals surface area (Å²) < 4.78 is 0. The molecule has 2 aliphatic carbocycles. The Kier molecular flexibility index (Phi) is 7.39. The van der Waals surface area contributed by atoms with Gasteiger partial charge in [0.15, 0.2) is 0 Å². The van der Waals surface area contributed by atoms with Crippen LogP contribution in [-0.2, 0) is 4.79 Å². The molecule has 0 radical (unpaired) electrons. The van der Waals surface area contributed by atoms with Crippen molar-refractivity contribution >= 4 is 17.7 Å². The summed E-state index contributed by atoms with van der Waals surface area (Å²) in [6, 6.07) is 18.1. The van der Waals surface area contributed by atoms with Gasteiger partial charge in [0.1, 0.15) is 0 Å². The van der Waals surface area contributed by atoms with Gasteiger partial charge in [-0.2, -0.15) is 0 Å². The zero-order chi connectivity index (χ0) is 21.8. The molecule has 1 N–H and O–H groups in total. The zero-order valence-corrected chi connectivity index (χ0v) is 19.6. The van der Waals surface area contributed by atoms with Crippen molar-refractivity contribution in [1.82, 2.24) is 4.90 Å². The van der Waals surface area contributed by atoms with Crippen LogP contribution in [0.2, 0.25) is 0 Å². The number of hydrogen-bond acceptors (Lipinski definition) is 3. The number of carbonyl (C=O) groups is 1. The van der Waals surface area contributed by atoms with Gasteiger partial charge in [0.05, 0.1) is 18.1 Å². The van der Waals surface area contributed by atoms with Gasteiger partial charge >= 0.3 is 0 Å². The molecule has 4 rings (SSSR count). The molecule has 0 aromatic heterocycles. The van der Waals surface area contributed by atoms with E-state index in [1.165, 1.54) is 43.4 Å². The summed E-state index contributed by atoms with van der Waals surface area (Å²) in [7, 11) is 1.85. The van der Waals surface area contributed by atoms with E-state index >= 15 is 0 Å². The lowest BCUT2D eigenvalue weighted by Gasteiger charge is -2.33. The van der Waals surface area contributed by atoms with Crippen molar-refractivity contribution in [3.8, 4) is 0 Å². The number of hydrogen-bond donors (Lipinski definition) is 1. The van der Waals surface area contributed by atoms with Crippen molar-refractivity contribution < 1.29 is 9.90 Å². The van der Waals surface area contributed by atoms with Crippen molar-refractivity contribution in [1.29, 1.82) is 0 Å². The van der Waals surface area contributed by atoms with Crippen LogP contribution in [0.3, 0.4) is 0 Å². The summed E-state index contributed by atoms with van der Waals surface area (Å²) in [6.07, 6.45) is 7.87. The standard InChI is InChI=1S/C27H35NO2S/c1-19(26(29)22-10-4-3-5-11-22)28(2)27(30)25(18-20-8-6-7-9-20)21-12-14-23(15-13-21)31-24-16-17-24/h3-5,10-15,19-20,24-26,29H,6-9,16-18H2,1-2H3/t19-,25-,26-/m1/s1. The number of carbonyl (C=O) groups excluding carboxylic acids is 1. The number of likely N-dealkylation sites (N-methyl/N-ethyl adjacent to an activating group) is 1. The van der Waals surface area contributed by atoms with Crippen LogP contribution >= 0.6 is 11.8 Å². The van der Waals surface area contributed by atoms with E-state index in [2.05, 4.69) is 24.3 Å². The van der Waals surface area contributed by atoms with E-state index in [-0.39, 0.29) is 17.9 Å². The van der Waals surface area contributed by atoms with Gasteiger partial charge in [-0.05, 0) is 55.4 Å². The molecule has 0 aliphatic heterocycles. The molecule has 0 saturated heterocycles. The highest BCUT2D eigenvalue weighted by atomic mass is 32.2. The van der Waals surface area contributed by atoms with E-state index in [1.807, 2.05) is 56.1 Å². The lowest BCUT2D eigenvalue weighted by atomic mass is 9.86. The van der Waals surface area contributed by atoms with E-state index < -0.39 is 6.10 Å². The van der Waals surface area contributed by atoms with Gasteiger partial charge in [0.25, 0.3) is 0 Å². The van der Waals surface area contributed by atoms with Crippen LogP contribution in [0.1, 0.15) is 75.0 Å². The molecule has 166 valence electrons. The molecule has 2 fully saturated rings. The molecular formula is C27H35NO2S. The summed E-state index contributed by atoms with van der Waals surface area (Å²) in [6.45, 7) is 1.94. The van der Waals surface area contributed by atoms with Gasteiger partial charge in [-0.3, -0.25) is 4.79 Å². The zero-order valence-electron chi connectivity index (χ0n) is 18.7. The normalized spacial score (nSPS) is 19.7. The average Bonchev–Trinajstić information content (AvgIpc) is 3.47. The van der Waals surface area contributed by atoms with Gasteiger partial charge in [0.2, 0.25) is 5.91 Å². The number of aliphatic hydroxyl groups excluding tert-OH is 1. The first kappa shape index (κ1) is 22.4. The minimum Gasteiger partial charge on any atom is -0.386 e. The second-order valence-corrected chi connectivity index (χ2v) is 10.7. The molecule has 3 atom stereocenters. The highest BCUT2D eigenvalue weighted by Gasteiger charge is 2.32. The molecule has 31 heavy (non-hydrogen) atoms. The van der Waals surface area contributed by atoms with Crippen LogP contribution < -0.4 is 0 Å². The Labute approximate surface area is 191 Å². The summed E-state index contributed by atoms with van der Waals surface area (Å²) in [4.78, 5) is 16.8. The Morgan fingerprint density at radius 2 is 1.65 bits per heavy atom. The van der Waals surface area contributed by atoms with Crippen LogP contribution in [0.4, 0.5) is 0 Å². The van der Waals surface area contributed by atoms with Gasteiger partial charge < -0.3 is 10.0 Å². The molecule has 2 aromatic carbocycles. The maximum atomic E-state index is 13.7. The van der Waals surface area contributed by atoms with E-state index in [0.29, 0.717) is 5.92 Å². The Morgan fingerprint density at radius 3 is 2.26 bits per heavy atom. The minimum atomic E-state index is -0.695. The number of aliphatic hydroxyl groups is 1. The molecule has 2 aromatic rings. The number of thioether (sulfide) groups is 1. The van der Waals surface area contributed by atoms with Crippen molar-refractivity contribution in [2.24, 2.45) is 5.92 Å². The highest BCUT2D eigenvalue weighted by molar-refractivity contribution is 8.00. The molecule has 0 heterocycles. The maximum Gasteiger partial charge on any atom is 0.230 e. The Morgan fingerprint density at radius 1 is 1.00 bits per heavy atom. The summed E-state index contributed by atoms with van der Waals surface area (Å²) in [5.74, 6) is 0.604. The number of nitrogens with zero attached hydrogens (tertiary/aromatic N) is 1. The summed E-state index contributed by atoms with van der Waals surface area (Å²) >= 11 is 1.96. The first-order valence-corrected chi connectivity index (χ1v) is 12.7. The van der Waals surface area contributed by atoms with Crippen LogP contribution in [0.15, 0.2) is 59.5 Å². The topological polar surface area (TPSA) is 40.5 Å². The number of amides is 1.